The van der Waals surface area contributed by atoms with Crippen molar-refractivity contribution in [1.82, 2.24) is 4.98 Å². The number of nitrogens with two attached hydrogens (primary N) is 1. The number of carboxylic acid groups (broad SMARTS) is 1. The summed E-state index contributed by atoms with van der Waals surface area (Å²) in [5.74, 6) is -0.264. The largest absolute Gasteiger partial charge is 0.477 e. The molecule has 4 rings (SSSR count). The number of ether oxygens (including phenoxy) is 2. The van der Waals surface area contributed by atoms with Gasteiger partial charge in [-0.2, -0.15) is 0 Å². The Balaban J connectivity index is 1.49. The average molecular weight is 423 g/mol. The van der Waals surface area contributed by atoms with E-state index in [4.69, 9.17) is 15.2 Å². The molecular formula is C23H22FN3O4. The minimum Gasteiger partial charge on any atom is -0.477 e. The Morgan fingerprint density at radius 1 is 1.10 bits per heavy atom. The van der Waals surface area contributed by atoms with Crippen LogP contribution in [0.15, 0.2) is 60.8 Å². The molecule has 3 N–H and O–H groups in total. The number of aromatic carboxylic acids is 1. The molecule has 0 spiro atoms. The molecule has 160 valence electrons. The van der Waals surface area contributed by atoms with Gasteiger partial charge in [0.25, 0.3) is 0 Å². The predicted octanol–water partition coefficient (Wildman–Crippen LogP) is 4.43. The number of halogens is 1. The van der Waals surface area contributed by atoms with Crippen LogP contribution in [0.5, 0.6) is 23.1 Å². The first kappa shape index (κ1) is 20.6. The fraction of sp³-hybridized carbons (Fsp3) is 0.217. The predicted molar refractivity (Wildman–Crippen MR) is 114 cm³/mol. The highest BCUT2D eigenvalue weighted by molar-refractivity contribution is 5.91. The minimum absolute atomic E-state index is 0.00337. The van der Waals surface area contributed by atoms with Crippen molar-refractivity contribution in [2.45, 2.75) is 18.9 Å². The van der Waals surface area contributed by atoms with Crippen molar-refractivity contribution in [3.63, 3.8) is 0 Å². The highest BCUT2D eigenvalue weighted by Gasteiger charge is 2.21. The third-order valence-electron chi connectivity index (χ3n) is 4.96. The van der Waals surface area contributed by atoms with E-state index < -0.39 is 5.97 Å². The summed E-state index contributed by atoms with van der Waals surface area (Å²) in [6, 6.07) is 14.0. The van der Waals surface area contributed by atoms with Crippen molar-refractivity contribution in [2.24, 2.45) is 5.73 Å². The fourth-order valence-electron chi connectivity index (χ4n) is 3.45. The van der Waals surface area contributed by atoms with Crippen LogP contribution in [-0.2, 0) is 0 Å². The van der Waals surface area contributed by atoms with Crippen molar-refractivity contribution >= 4 is 11.7 Å². The van der Waals surface area contributed by atoms with Crippen LogP contribution < -0.4 is 20.1 Å². The van der Waals surface area contributed by atoms with Gasteiger partial charge in [0, 0.05) is 25.2 Å². The number of carboxylic acids is 1. The van der Waals surface area contributed by atoms with Crippen LogP contribution in [0.2, 0.25) is 0 Å². The van der Waals surface area contributed by atoms with Gasteiger partial charge in [0.1, 0.15) is 28.6 Å². The highest BCUT2D eigenvalue weighted by atomic mass is 19.1. The van der Waals surface area contributed by atoms with Crippen LogP contribution in [-0.4, -0.2) is 35.2 Å². The first-order valence-electron chi connectivity index (χ1n) is 9.93. The van der Waals surface area contributed by atoms with Gasteiger partial charge in [-0.25, -0.2) is 14.2 Å². The molecule has 1 saturated heterocycles. The number of pyridine rings is 1. The topological polar surface area (TPSA) is 97.9 Å². The summed E-state index contributed by atoms with van der Waals surface area (Å²) in [6.45, 7) is 1.47. The van der Waals surface area contributed by atoms with Gasteiger partial charge < -0.3 is 25.2 Å². The molecule has 1 aromatic heterocycles. The molecule has 8 heteroatoms. The summed E-state index contributed by atoms with van der Waals surface area (Å²) in [7, 11) is 0. The molecular weight excluding hydrogens is 401 g/mol. The van der Waals surface area contributed by atoms with Crippen LogP contribution in [0.1, 0.15) is 23.2 Å². The van der Waals surface area contributed by atoms with Crippen LogP contribution >= 0.6 is 0 Å². The van der Waals surface area contributed by atoms with Gasteiger partial charge in [-0.15, -0.1) is 0 Å². The Labute approximate surface area is 178 Å². The van der Waals surface area contributed by atoms with E-state index >= 15 is 0 Å². The molecule has 0 radical (unpaired) electrons. The second kappa shape index (κ2) is 9.01. The molecule has 3 aromatic rings. The molecule has 1 fully saturated rings. The smallest absolute Gasteiger partial charge is 0.341 e. The zero-order valence-corrected chi connectivity index (χ0v) is 16.7. The van der Waals surface area contributed by atoms with E-state index in [0.717, 1.165) is 19.4 Å². The van der Waals surface area contributed by atoms with E-state index in [9.17, 15) is 14.3 Å². The summed E-state index contributed by atoms with van der Waals surface area (Å²) in [5, 5.41) is 9.64. The lowest BCUT2D eigenvalue weighted by molar-refractivity contribution is 0.0693. The zero-order chi connectivity index (χ0) is 21.8. The summed E-state index contributed by atoms with van der Waals surface area (Å²) < 4.78 is 24.6. The maximum absolute atomic E-state index is 13.3. The number of benzene rings is 2. The van der Waals surface area contributed by atoms with Gasteiger partial charge in [0.2, 0.25) is 5.88 Å². The molecule has 1 atom stereocenters. The molecule has 2 aromatic carbocycles. The fourth-order valence-corrected chi connectivity index (χ4v) is 3.45. The third-order valence-corrected chi connectivity index (χ3v) is 4.96. The standard InChI is InChI=1S/C23H22FN3O4/c24-15-3-1-5-20(11-15)30-18-6-8-19(9-7-18)31-22-21(23(28)29)12-17(13-26-22)27-10-2-4-16(25)14-27/h1,3,5-9,11-13,16H,2,4,10,14,25H2,(H,28,29). The normalized spacial score (nSPS) is 16.1. The quantitative estimate of drug-likeness (QED) is 0.605. The molecule has 0 saturated carbocycles. The maximum Gasteiger partial charge on any atom is 0.341 e. The van der Waals surface area contributed by atoms with E-state index in [1.54, 1.807) is 48.7 Å². The first-order valence-corrected chi connectivity index (χ1v) is 9.93. The molecule has 1 aliphatic heterocycles. The van der Waals surface area contributed by atoms with Gasteiger partial charge in [-0.05, 0) is 55.3 Å². The monoisotopic (exact) mass is 423 g/mol. The Hall–Kier alpha value is -3.65. The second-order valence-electron chi connectivity index (χ2n) is 7.33. The van der Waals surface area contributed by atoms with Crippen LogP contribution in [0.3, 0.4) is 0 Å². The third kappa shape index (κ3) is 5.10. The lowest BCUT2D eigenvalue weighted by Gasteiger charge is -2.32. The zero-order valence-electron chi connectivity index (χ0n) is 16.7. The SMILES string of the molecule is NC1CCCN(c2cnc(Oc3ccc(Oc4cccc(F)c4)cc3)c(C(=O)O)c2)C1. The van der Waals surface area contributed by atoms with Gasteiger partial charge >= 0.3 is 5.97 Å². The number of carbonyl (C=O) groups is 1. The summed E-state index contributed by atoms with van der Waals surface area (Å²) in [5.41, 5.74) is 6.71. The molecule has 0 amide bonds. The molecule has 0 bridgehead atoms. The van der Waals surface area contributed by atoms with Crippen molar-refractivity contribution in [3.8, 4) is 23.1 Å². The summed E-state index contributed by atoms with van der Waals surface area (Å²) >= 11 is 0. The Bertz CT molecular complexity index is 1070. The van der Waals surface area contributed by atoms with Crippen molar-refractivity contribution in [3.05, 3.63) is 72.2 Å². The number of rotatable bonds is 6. The maximum atomic E-state index is 13.3. The van der Waals surface area contributed by atoms with Crippen LogP contribution in [0.25, 0.3) is 0 Å². The van der Waals surface area contributed by atoms with Crippen molar-refractivity contribution in [1.29, 1.82) is 0 Å². The highest BCUT2D eigenvalue weighted by Crippen LogP contribution is 2.30. The van der Waals surface area contributed by atoms with Crippen LogP contribution in [0.4, 0.5) is 10.1 Å². The van der Waals surface area contributed by atoms with Crippen LogP contribution in [0, 0.1) is 5.82 Å². The van der Waals surface area contributed by atoms with Crippen molar-refractivity contribution in [2.75, 3.05) is 18.0 Å². The van der Waals surface area contributed by atoms with E-state index in [1.165, 1.54) is 12.1 Å². The van der Waals surface area contributed by atoms with Gasteiger partial charge in [0.05, 0.1) is 11.9 Å². The number of piperidine rings is 1. The molecule has 1 unspecified atom stereocenters. The molecule has 2 heterocycles. The lowest BCUT2D eigenvalue weighted by Crippen LogP contribution is -2.42. The number of anilines is 1. The van der Waals surface area contributed by atoms with Crippen molar-refractivity contribution < 1.29 is 23.8 Å². The lowest BCUT2D eigenvalue weighted by atomic mass is 10.1. The second-order valence-corrected chi connectivity index (χ2v) is 7.33. The van der Waals surface area contributed by atoms with Gasteiger partial charge in [-0.1, -0.05) is 6.07 Å². The average Bonchev–Trinajstić information content (AvgIpc) is 2.75. The number of hydrogen-bond acceptors (Lipinski definition) is 6. The number of hydrogen-bond donors (Lipinski definition) is 2. The molecule has 1 aliphatic rings. The molecule has 0 aliphatic carbocycles. The summed E-state index contributed by atoms with van der Waals surface area (Å²) in [6.07, 6.45) is 3.50. The van der Waals surface area contributed by atoms with E-state index in [1.807, 2.05) is 4.90 Å². The van der Waals surface area contributed by atoms with E-state index in [0.29, 0.717) is 29.5 Å². The molecule has 7 nitrogen and oxygen atoms in total. The Kier molecular flexibility index (Phi) is 5.99. The van der Waals surface area contributed by atoms with Gasteiger partial charge in [-0.3, -0.25) is 0 Å². The van der Waals surface area contributed by atoms with E-state index in [2.05, 4.69) is 4.98 Å². The number of nitrogens with zero attached hydrogens (tertiary/aromatic N) is 2. The number of aromatic nitrogens is 1. The first-order chi connectivity index (χ1) is 15.0. The molecule has 31 heavy (non-hydrogen) atoms. The Morgan fingerprint density at radius 2 is 1.84 bits per heavy atom. The van der Waals surface area contributed by atoms with Gasteiger partial charge in [0.15, 0.2) is 0 Å². The Morgan fingerprint density at radius 3 is 2.52 bits per heavy atom. The van der Waals surface area contributed by atoms with E-state index in [-0.39, 0.29) is 23.3 Å². The minimum atomic E-state index is -1.13. The summed E-state index contributed by atoms with van der Waals surface area (Å²) in [4.78, 5) is 18.1.